The minimum Gasteiger partial charge on any atom is -0.387 e. The first-order valence-corrected chi connectivity index (χ1v) is 8.44. The fourth-order valence-electron chi connectivity index (χ4n) is 4.00. The minimum absolute atomic E-state index is 0.166. The van der Waals surface area contributed by atoms with Crippen LogP contribution in [0.5, 0.6) is 0 Å². The molecule has 3 aromatic rings. The molecule has 1 N–H and O–H groups in total. The third-order valence-corrected chi connectivity index (χ3v) is 5.93. The van der Waals surface area contributed by atoms with Gasteiger partial charge in [-0.2, -0.15) is 0 Å². The van der Waals surface area contributed by atoms with Gasteiger partial charge in [0.2, 0.25) is 0 Å². The first-order chi connectivity index (χ1) is 10.8. The molecule has 5 heteroatoms. The van der Waals surface area contributed by atoms with Gasteiger partial charge in [-0.3, -0.25) is 0 Å². The minimum atomic E-state index is -0.442. The predicted molar refractivity (Wildman–Crippen MR) is 84.7 cm³/mol. The molecule has 3 atom stereocenters. The maximum atomic E-state index is 10.9. The summed E-state index contributed by atoms with van der Waals surface area (Å²) < 4.78 is 2.23. The Labute approximate surface area is 132 Å². The molecule has 2 aromatic heterocycles. The molecule has 0 amide bonds. The summed E-state index contributed by atoms with van der Waals surface area (Å²) in [5.74, 6) is 0.171. The monoisotopic (exact) mass is 309 g/mol. The van der Waals surface area contributed by atoms with Crippen LogP contribution in [0, 0.1) is 5.92 Å². The van der Waals surface area contributed by atoms with E-state index in [0.29, 0.717) is 0 Å². The van der Waals surface area contributed by atoms with Crippen molar-refractivity contribution in [3.63, 3.8) is 0 Å². The van der Waals surface area contributed by atoms with Gasteiger partial charge in [0.15, 0.2) is 0 Å². The first kappa shape index (κ1) is 12.6. The number of aliphatic hydroxyl groups is 1. The molecule has 22 heavy (non-hydrogen) atoms. The largest absolute Gasteiger partial charge is 0.387 e. The molecule has 2 aliphatic rings. The highest BCUT2D eigenvalue weighted by Gasteiger charge is 2.41. The van der Waals surface area contributed by atoms with Crippen molar-refractivity contribution in [1.82, 2.24) is 14.5 Å². The number of rotatable bonds is 1. The number of fused-ring (bicyclic) bond motifs is 4. The van der Waals surface area contributed by atoms with Gasteiger partial charge in [-0.05, 0) is 18.4 Å². The van der Waals surface area contributed by atoms with Gasteiger partial charge >= 0.3 is 0 Å². The van der Waals surface area contributed by atoms with Crippen LogP contribution in [-0.4, -0.2) is 19.6 Å². The lowest BCUT2D eigenvalue weighted by molar-refractivity contribution is 0.0748. The van der Waals surface area contributed by atoms with E-state index in [4.69, 9.17) is 0 Å². The molecule has 0 fully saturated rings. The topological polar surface area (TPSA) is 50.9 Å². The Morgan fingerprint density at radius 1 is 1.27 bits per heavy atom. The third kappa shape index (κ3) is 1.55. The zero-order chi connectivity index (χ0) is 14.7. The maximum absolute atomic E-state index is 10.9. The molecule has 0 bridgehead atoms. The zero-order valence-corrected chi connectivity index (χ0v) is 12.7. The van der Waals surface area contributed by atoms with Crippen LogP contribution in [0.25, 0.3) is 11.3 Å². The molecule has 1 aliphatic carbocycles. The lowest BCUT2D eigenvalue weighted by Crippen LogP contribution is -2.27. The van der Waals surface area contributed by atoms with E-state index >= 15 is 0 Å². The number of thiazole rings is 1. The number of aliphatic hydroxyl groups excluding tert-OH is 1. The van der Waals surface area contributed by atoms with E-state index in [1.54, 1.807) is 11.3 Å². The SMILES string of the molecule is O[C@@H]1c2scnc2CC[C@H]1C1c2ccccc2-c2cncn21. The van der Waals surface area contributed by atoms with Crippen molar-refractivity contribution in [2.75, 3.05) is 0 Å². The fourth-order valence-corrected chi connectivity index (χ4v) is 4.90. The normalized spacial score (nSPS) is 25.6. The van der Waals surface area contributed by atoms with Crippen LogP contribution in [0.3, 0.4) is 0 Å². The molecule has 0 saturated carbocycles. The van der Waals surface area contributed by atoms with Gasteiger partial charge in [0, 0.05) is 11.5 Å². The maximum Gasteiger partial charge on any atom is 0.0956 e. The van der Waals surface area contributed by atoms with Gasteiger partial charge in [-0.25, -0.2) is 9.97 Å². The van der Waals surface area contributed by atoms with Gasteiger partial charge in [0.25, 0.3) is 0 Å². The van der Waals surface area contributed by atoms with E-state index in [0.717, 1.165) is 29.1 Å². The van der Waals surface area contributed by atoms with Crippen molar-refractivity contribution in [2.24, 2.45) is 5.92 Å². The summed E-state index contributed by atoms with van der Waals surface area (Å²) in [6.07, 6.45) is 5.28. The van der Waals surface area contributed by atoms with Crippen molar-refractivity contribution in [3.8, 4) is 11.3 Å². The Kier molecular flexibility index (Phi) is 2.57. The fraction of sp³-hybridized carbons (Fsp3) is 0.294. The van der Waals surface area contributed by atoms with Crippen molar-refractivity contribution < 1.29 is 5.11 Å². The summed E-state index contributed by atoms with van der Waals surface area (Å²) >= 11 is 1.57. The summed E-state index contributed by atoms with van der Waals surface area (Å²) in [7, 11) is 0. The summed E-state index contributed by atoms with van der Waals surface area (Å²) in [5.41, 5.74) is 6.62. The van der Waals surface area contributed by atoms with Gasteiger partial charge < -0.3 is 9.67 Å². The molecule has 0 radical (unpaired) electrons. The van der Waals surface area contributed by atoms with Crippen molar-refractivity contribution in [1.29, 1.82) is 0 Å². The van der Waals surface area contributed by atoms with E-state index in [2.05, 4.69) is 38.8 Å². The molecule has 110 valence electrons. The number of benzene rings is 1. The highest BCUT2D eigenvalue weighted by atomic mass is 32.1. The average Bonchev–Trinajstić information content (AvgIpc) is 3.23. The van der Waals surface area contributed by atoms with Crippen molar-refractivity contribution in [2.45, 2.75) is 25.0 Å². The van der Waals surface area contributed by atoms with Gasteiger partial charge in [0.05, 0.1) is 46.4 Å². The molecule has 0 spiro atoms. The van der Waals surface area contributed by atoms with E-state index in [1.807, 2.05) is 18.0 Å². The number of aryl methyl sites for hydroxylation is 1. The molecule has 3 heterocycles. The molecule has 5 rings (SSSR count). The zero-order valence-electron chi connectivity index (χ0n) is 11.9. The lowest BCUT2D eigenvalue weighted by Gasteiger charge is -2.33. The number of hydrogen-bond acceptors (Lipinski definition) is 4. The van der Waals surface area contributed by atoms with Crippen LogP contribution in [0.4, 0.5) is 0 Å². The van der Waals surface area contributed by atoms with Crippen LogP contribution in [0.15, 0.2) is 42.3 Å². The second-order valence-corrected chi connectivity index (χ2v) is 6.92. The number of nitrogens with zero attached hydrogens (tertiary/aromatic N) is 3. The molecule has 1 aromatic carbocycles. The van der Waals surface area contributed by atoms with E-state index < -0.39 is 6.10 Å². The Balaban J connectivity index is 1.65. The molecular weight excluding hydrogens is 294 g/mol. The summed E-state index contributed by atoms with van der Waals surface area (Å²) in [6, 6.07) is 8.65. The highest BCUT2D eigenvalue weighted by Crippen LogP contribution is 2.50. The second kappa shape index (κ2) is 4.51. The second-order valence-electron chi connectivity index (χ2n) is 6.03. The lowest BCUT2D eigenvalue weighted by atomic mass is 9.80. The summed E-state index contributed by atoms with van der Waals surface area (Å²) in [4.78, 5) is 9.75. The van der Waals surface area contributed by atoms with Gasteiger partial charge in [-0.1, -0.05) is 24.3 Å². The average molecular weight is 309 g/mol. The smallest absolute Gasteiger partial charge is 0.0956 e. The van der Waals surface area contributed by atoms with Gasteiger partial charge in [-0.15, -0.1) is 11.3 Å². The molecule has 1 aliphatic heterocycles. The number of imidazole rings is 1. The van der Waals surface area contributed by atoms with Crippen molar-refractivity contribution in [3.05, 3.63) is 58.4 Å². The third-order valence-electron chi connectivity index (χ3n) is 4.99. The van der Waals surface area contributed by atoms with Crippen LogP contribution < -0.4 is 0 Å². The highest BCUT2D eigenvalue weighted by molar-refractivity contribution is 7.09. The molecule has 0 saturated heterocycles. The Morgan fingerprint density at radius 3 is 3.14 bits per heavy atom. The summed E-state index contributed by atoms with van der Waals surface area (Å²) in [6.45, 7) is 0. The first-order valence-electron chi connectivity index (χ1n) is 7.56. The molecule has 1 unspecified atom stereocenters. The predicted octanol–water partition coefficient (Wildman–Crippen LogP) is 3.21. The van der Waals surface area contributed by atoms with Crippen molar-refractivity contribution >= 4 is 11.3 Å². The van der Waals surface area contributed by atoms with Crippen LogP contribution >= 0.6 is 11.3 Å². The number of hydrogen-bond donors (Lipinski definition) is 1. The quantitative estimate of drug-likeness (QED) is 0.751. The standard InChI is InChI=1S/C17H15N3OS/c21-16-12(5-6-13-17(16)22-9-19-13)15-11-4-2-1-3-10(11)14-7-18-8-20(14)15/h1-4,7-9,12,15-16,21H,5-6H2/t12-,15?,16-/m0/s1. The van der Waals surface area contributed by atoms with Crippen LogP contribution in [0.2, 0.25) is 0 Å². The van der Waals surface area contributed by atoms with Gasteiger partial charge in [0.1, 0.15) is 0 Å². The Hall–Kier alpha value is -1.98. The van der Waals surface area contributed by atoms with Crippen LogP contribution in [0.1, 0.15) is 34.7 Å². The summed E-state index contributed by atoms with van der Waals surface area (Å²) in [5, 5.41) is 10.9. The number of aromatic nitrogens is 3. The van der Waals surface area contributed by atoms with E-state index in [-0.39, 0.29) is 12.0 Å². The Morgan fingerprint density at radius 2 is 2.18 bits per heavy atom. The molecule has 4 nitrogen and oxygen atoms in total. The Bertz CT molecular complexity index is 853. The van der Waals surface area contributed by atoms with E-state index in [1.165, 1.54) is 11.1 Å². The molecular formula is C17H15N3OS. The van der Waals surface area contributed by atoms with Crippen LogP contribution in [-0.2, 0) is 6.42 Å². The van der Waals surface area contributed by atoms with E-state index in [9.17, 15) is 5.11 Å².